The van der Waals surface area contributed by atoms with E-state index in [0.717, 1.165) is 27.7 Å². The molecular weight excluding hydrogens is 382 g/mol. The predicted molar refractivity (Wildman–Crippen MR) is 101 cm³/mol. The Morgan fingerprint density at radius 1 is 1.20 bits per heavy atom. The van der Waals surface area contributed by atoms with Gasteiger partial charge in [-0.3, -0.25) is 9.78 Å². The molecule has 1 aliphatic heterocycles. The van der Waals surface area contributed by atoms with Crippen LogP contribution in [0.5, 0.6) is 0 Å². The summed E-state index contributed by atoms with van der Waals surface area (Å²) in [5.41, 5.74) is 3.33. The summed E-state index contributed by atoms with van der Waals surface area (Å²) < 4.78 is 1.04. The smallest absolute Gasteiger partial charge is 0.249 e. The molecule has 1 saturated heterocycles. The molecule has 1 aliphatic rings. The molecule has 25 heavy (non-hydrogen) atoms. The average Bonchev–Trinajstić information content (AvgIpc) is 2.98. The van der Waals surface area contributed by atoms with Crippen LogP contribution < -0.4 is 10.2 Å². The summed E-state index contributed by atoms with van der Waals surface area (Å²) in [5.74, 6) is 0.697. The van der Waals surface area contributed by atoms with Crippen molar-refractivity contribution in [1.29, 1.82) is 0 Å². The summed E-state index contributed by atoms with van der Waals surface area (Å²) in [5, 5.41) is 3.23. The largest absolute Gasteiger partial charge is 0.358 e. The van der Waals surface area contributed by atoms with Crippen molar-refractivity contribution in [2.24, 2.45) is 0 Å². The first-order chi connectivity index (χ1) is 12.1. The Hall–Kier alpha value is -2.54. The van der Waals surface area contributed by atoms with Gasteiger partial charge in [0.2, 0.25) is 5.91 Å². The van der Waals surface area contributed by atoms with Crippen LogP contribution >= 0.6 is 15.9 Å². The molecule has 1 fully saturated rings. The topological polar surface area (TPSA) is 71.0 Å². The predicted octanol–water partition coefficient (Wildman–Crippen LogP) is 3.31. The quantitative estimate of drug-likeness (QED) is 0.733. The molecule has 0 aliphatic carbocycles. The molecule has 3 aromatic rings. The van der Waals surface area contributed by atoms with E-state index in [9.17, 15) is 4.79 Å². The number of carbonyl (C=O) groups excluding carboxylic acids is 1. The van der Waals surface area contributed by atoms with Gasteiger partial charge >= 0.3 is 0 Å². The van der Waals surface area contributed by atoms with Crippen molar-refractivity contribution in [3.05, 3.63) is 52.8 Å². The van der Waals surface area contributed by atoms with Gasteiger partial charge in [0.1, 0.15) is 17.4 Å². The molecular formula is C18H16BrN5O. The molecule has 126 valence electrons. The van der Waals surface area contributed by atoms with Crippen molar-refractivity contribution in [2.45, 2.75) is 19.4 Å². The zero-order valence-electron chi connectivity index (χ0n) is 13.6. The minimum atomic E-state index is -0.287. The van der Waals surface area contributed by atoms with E-state index in [2.05, 4.69) is 36.2 Å². The molecule has 7 heteroatoms. The lowest BCUT2D eigenvalue weighted by molar-refractivity contribution is -0.117. The molecule has 4 rings (SSSR count). The first-order valence-electron chi connectivity index (χ1n) is 8.04. The number of rotatable bonds is 3. The standard InChI is InChI=1S/C18H16BrN5O/c1-11-10-12(2-3-13(11)19)24-9-6-15(18(24)25)22-16-5-4-14-17(23-16)21-8-7-20-14/h2-5,7-8,10,15H,6,9H2,1H3,(H,21,22,23). The zero-order chi connectivity index (χ0) is 17.4. The Bertz CT molecular complexity index is 961. The number of fused-ring (bicyclic) bond motifs is 1. The number of aryl methyl sites for hydroxylation is 1. The number of anilines is 2. The normalized spacial score (nSPS) is 17.3. The van der Waals surface area contributed by atoms with Gasteiger partial charge in [0.25, 0.3) is 0 Å². The fourth-order valence-corrected chi connectivity index (χ4v) is 3.23. The van der Waals surface area contributed by atoms with Gasteiger partial charge in [0, 0.05) is 29.1 Å². The lowest BCUT2D eigenvalue weighted by atomic mass is 10.2. The van der Waals surface area contributed by atoms with Gasteiger partial charge < -0.3 is 10.2 Å². The number of aromatic nitrogens is 3. The number of carbonyl (C=O) groups is 1. The number of amides is 1. The van der Waals surface area contributed by atoms with Gasteiger partial charge in [-0.05, 0) is 49.2 Å². The van der Waals surface area contributed by atoms with Crippen LogP contribution in [0.2, 0.25) is 0 Å². The number of hydrogen-bond acceptors (Lipinski definition) is 5. The Balaban J connectivity index is 1.53. The number of pyridine rings is 1. The highest BCUT2D eigenvalue weighted by atomic mass is 79.9. The van der Waals surface area contributed by atoms with Crippen LogP contribution in [0.15, 0.2) is 47.2 Å². The number of benzene rings is 1. The fraction of sp³-hybridized carbons (Fsp3) is 0.222. The third kappa shape index (κ3) is 3.07. The minimum absolute atomic E-state index is 0.0581. The van der Waals surface area contributed by atoms with Crippen LogP contribution in [0.4, 0.5) is 11.5 Å². The van der Waals surface area contributed by atoms with E-state index in [4.69, 9.17) is 0 Å². The van der Waals surface area contributed by atoms with Gasteiger partial charge in [0.15, 0.2) is 5.65 Å². The van der Waals surface area contributed by atoms with E-state index in [1.807, 2.05) is 42.2 Å². The van der Waals surface area contributed by atoms with E-state index >= 15 is 0 Å². The van der Waals surface area contributed by atoms with Crippen LogP contribution in [0, 0.1) is 6.92 Å². The SMILES string of the molecule is Cc1cc(N2CCC(Nc3ccc4nccnc4n3)C2=O)ccc1Br. The number of nitrogens with one attached hydrogen (secondary N) is 1. The van der Waals surface area contributed by atoms with Gasteiger partial charge in [-0.25, -0.2) is 9.97 Å². The molecule has 0 bridgehead atoms. The Labute approximate surface area is 153 Å². The Morgan fingerprint density at radius 2 is 2.04 bits per heavy atom. The maximum atomic E-state index is 12.8. The Kier molecular flexibility index (Phi) is 4.09. The molecule has 0 radical (unpaired) electrons. The third-order valence-electron chi connectivity index (χ3n) is 4.31. The van der Waals surface area contributed by atoms with E-state index in [-0.39, 0.29) is 11.9 Å². The molecule has 0 saturated carbocycles. The maximum absolute atomic E-state index is 12.8. The molecule has 1 aromatic carbocycles. The van der Waals surface area contributed by atoms with Gasteiger partial charge in [-0.2, -0.15) is 0 Å². The average molecular weight is 398 g/mol. The second-order valence-electron chi connectivity index (χ2n) is 6.00. The van der Waals surface area contributed by atoms with Crippen LogP contribution in [0.3, 0.4) is 0 Å². The number of hydrogen-bond donors (Lipinski definition) is 1. The summed E-state index contributed by atoms with van der Waals surface area (Å²) in [6.45, 7) is 2.70. The second kappa shape index (κ2) is 6.40. The highest BCUT2D eigenvalue weighted by Gasteiger charge is 2.32. The van der Waals surface area contributed by atoms with E-state index < -0.39 is 0 Å². The van der Waals surface area contributed by atoms with Crippen molar-refractivity contribution in [3.8, 4) is 0 Å². The Morgan fingerprint density at radius 3 is 2.88 bits per heavy atom. The summed E-state index contributed by atoms with van der Waals surface area (Å²) in [6, 6.07) is 9.35. The summed E-state index contributed by atoms with van der Waals surface area (Å²) in [7, 11) is 0. The first-order valence-corrected chi connectivity index (χ1v) is 8.83. The van der Waals surface area contributed by atoms with E-state index in [1.54, 1.807) is 12.4 Å². The molecule has 0 spiro atoms. The monoisotopic (exact) mass is 397 g/mol. The lowest BCUT2D eigenvalue weighted by Crippen LogP contribution is -2.33. The molecule has 1 amide bonds. The molecule has 1 N–H and O–H groups in total. The lowest BCUT2D eigenvalue weighted by Gasteiger charge is -2.18. The van der Waals surface area contributed by atoms with Gasteiger partial charge in [-0.1, -0.05) is 15.9 Å². The second-order valence-corrected chi connectivity index (χ2v) is 6.86. The molecule has 1 unspecified atom stereocenters. The summed E-state index contributed by atoms with van der Waals surface area (Å²) in [4.78, 5) is 27.4. The molecule has 3 heterocycles. The van der Waals surface area contributed by atoms with Gasteiger partial charge in [0.05, 0.1) is 0 Å². The summed E-state index contributed by atoms with van der Waals surface area (Å²) >= 11 is 3.49. The highest BCUT2D eigenvalue weighted by Crippen LogP contribution is 2.27. The highest BCUT2D eigenvalue weighted by molar-refractivity contribution is 9.10. The number of halogens is 1. The third-order valence-corrected chi connectivity index (χ3v) is 5.20. The molecule has 1 atom stereocenters. The van der Waals surface area contributed by atoms with E-state index in [1.165, 1.54) is 0 Å². The maximum Gasteiger partial charge on any atom is 0.249 e. The van der Waals surface area contributed by atoms with Crippen molar-refractivity contribution >= 4 is 44.5 Å². The summed E-state index contributed by atoms with van der Waals surface area (Å²) in [6.07, 6.45) is 3.97. The van der Waals surface area contributed by atoms with Crippen LogP contribution in [0.1, 0.15) is 12.0 Å². The van der Waals surface area contributed by atoms with Gasteiger partial charge in [-0.15, -0.1) is 0 Å². The molecule has 2 aromatic heterocycles. The van der Waals surface area contributed by atoms with Crippen molar-refractivity contribution in [2.75, 3.05) is 16.8 Å². The van der Waals surface area contributed by atoms with Crippen LogP contribution in [-0.4, -0.2) is 33.4 Å². The minimum Gasteiger partial charge on any atom is -0.358 e. The number of nitrogens with zero attached hydrogens (tertiary/aromatic N) is 4. The van der Waals surface area contributed by atoms with E-state index in [0.29, 0.717) is 18.0 Å². The van der Waals surface area contributed by atoms with Crippen LogP contribution in [0.25, 0.3) is 11.2 Å². The molecule has 6 nitrogen and oxygen atoms in total. The van der Waals surface area contributed by atoms with Crippen LogP contribution in [-0.2, 0) is 4.79 Å². The fourth-order valence-electron chi connectivity index (χ4n) is 2.98. The van der Waals surface area contributed by atoms with Crippen molar-refractivity contribution < 1.29 is 4.79 Å². The zero-order valence-corrected chi connectivity index (χ0v) is 15.2. The van der Waals surface area contributed by atoms with Crippen molar-refractivity contribution in [1.82, 2.24) is 15.0 Å². The van der Waals surface area contributed by atoms with Crippen molar-refractivity contribution in [3.63, 3.8) is 0 Å². The first kappa shape index (κ1) is 16.0.